The van der Waals surface area contributed by atoms with E-state index in [0.717, 1.165) is 22.5 Å². The average molecular weight is 270 g/mol. The first-order chi connectivity index (χ1) is 7.29. The summed E-state index contributed by atoms with van der Waals surface area (Å²) in [5.74, 6) is 2.92. The molecule has 15 heavy (non-hydrogen) atoms. The van der Waals surface area contributed by atoms with Crippen LogP contribution in [0.4, 0.5) is 0 Å². The summed E-state index contributed by atoms with van der Waals surface area (Å²) in [7, 11) is 0. The minimum Gasteiger partial charge on any atom is -0.454 e. The van der Waals surface area contributed by atoms with Gasteiger partial charge in [0.05, 0.1) is 0 Å². The van der Waals surface area contributed by atoms with Gasteiger partial charge < -0.3 is 15.2 Å². The number of benzene rings is 1. The Labute approximate surface area is 96.7 Å². The summed E-state index contributed by atoms with van der Waals surface area (Å²) in [6.45, 7) is 1.10. The first-order valence-electron chi connectivity index (χ1n) is 5.08. The van der Waals surface area contributed by atoms with Crippen molar-refractivity contribution in [1.29, 1.82) is 0 Å². The lowest BCUT2D eigenvalue weighted by Crippen LogP contribution is -2.02. The van der Waals surface area contributed by atoms with Gasteiger partial charge in [-0.3, -0.25) is 0 Å². The van der Waals surface area contributed by atoms with Gasteiger partial charge in [-0.1, -0.05) is 15.9 Å². The number of halogens is 1. The summed E-state index contributed by atoms with van der Waals surface area (Å²) in [6, 6.07) is 4.07. The molecule has 4 heteroatoms. The molecule has 3 nitrogen and oxygen atoms in total. The van der Waals surface area contributed by atoms with Crippen molar-refractivity contribution in [3.05, 3.63) is 22.2 Å². The van der Waals surface area contributed by atoms with Crippen molar-refractivity contribution in [2.75, 3.05) is 13.3 Å². The number of ether oxygens (including phenoxy) is 2. The van der Waals surface area contributed by atoms with Crippen LogP contribution in [0.3, 0.4) is 0 Å². The van der Waals surface area contributed by atoms with Crippen molar-refractivity contribution in [3.8, 4) is 11.5 Å². The molecular formula is C11H12BrNO2. The average Bonchev–Trinajstić information content (AvgIpc) is 2.88. The molecule has 0 spiro atoms. The van der Waals surface area contributed by atoms with Crippen LogP contribution in [0.1, 0.15) is 17.9 Å². The van der Waals surface area contributed by atoms with E-state index in [-0.39, 0.29) is 0 Å². The van der Waals surface area contributed by atoms with E-state index in [9.17, 15) is 0 Å². The molecule has 2 unspecified atom stereocenters. The van der Waals surface area contributed by atoms with E-state index in [2.05, 4.69) is 22.0 Å². The maximum Gasteiger partial charge on any atom is 0.231 e. The van der Waals surface area contributed by atoms with Crippen LogP contribution >= 0.6 is 15.9 Å². The summed E-state index contributed by atoms with van der Waals surface area (Å²) in [5.41, 5.74) is 6.95. The third kappa shape index (κ3) is 1.52. The fourth-order valence-electron chi connectivity index (χ4n) is 2.11. The summed E-state index contributed by atoms with van der Waals surface area (Å²) in [4.78, 5) is 0. The third-order valence-corrected chi connectivity index (χ3v) is 3.80. The molecule has 0 amide bonds. The van der Waals surface area contributed by atoms with Crippen LogP contribution in [0, 0.1) is 5.92 Å². The van der Waals surface area contributed by atoms with Gasteiger partial charge in [-0.05, 0) is 42.5 Å². The number of hydrogen-bond donors (Lipinski definition) is 1. The number of fused-ring (bicyclic) bond motifs is 1. The van der Waals surface area contributed by atoms with E-state index < -0.39 is 0 Å². The predicted molar refractivity (Wildman–Crippen MR) is 60.2 cm³/mol. The zero-order valence-corrected chi connectivity index (χ0v) is 9.79. The molecule has 1 aliphatic carbocycles. The van der Waals surface area contributed by atoms with Gasteiger partial charge in [0.2, 0.25) is 6.79 Å². The maximum absolute atomic E-state index is 5.65. The summed E-state index contributed by atoms with van der Waals surface area (Å²) < 4.78 is 11.8. The van der Waals surface area contributed by atoms with E-state index in [1.165, 1.54) is 12.0 Å². The Morgan fingerprint density at radius 3 is 2.73 bits per heavy atom. The van der Waals surface area contributed by atoms with E-state index in [4.69, 9.17) is 15.2 Å². The normalized spacial score (nSPS) is 26.8. The Bertz CT molecular complexity index is 408. The summed E-state index contributed by atoms with van der Waals surface area (Å²) in [6.07, 6.45) is 1.19. The number of rotatable bonds is 2. The lowest BCUT2D eigenvalue weighted by Gasteiger charge is -2.05. The van der Waals surface area contributed by atoms with E-state index in [0.29, 0.717) is 18.6 Å². The molecule has 0 radical (unpaired) electrons. The van der Waals surface area contributed by atoms with Crippen molar-refractivity contribution in [3.63, 3.8) is 0 Å². The van der Waals surface area contributed by atoms with Crippen molar-refractivity contribution < 1.29 is 9.47 Å². The van der Waals surface area contributed by atoms with E-state index in [1.807, 2.05) is 6.07 Å². The van der Waals surface area contributed by atoms with Crippen molar-refractivity contribution >= 4 is 15.9 Å². The van der Waals surface area contributed by atoms with Crippen LogP contribution < -0.4 is 15.2 Å². The first-order valence-corrected chi connectivity index (χ1v) is 5.88. The molecule has 2 aliphatic rings. The molecule has 0 bridgehead atoms. The molecule has 1 heterocycles. The molecule has 1 saturated carbocycles. The molecule has 1 aliphatic heterocycles. The second-order valence-electron chi connectivity index (χ2n) is 4.06. The molecule has 1 aromatic carbocycles. The Hall–Kier alpha value is -0.740. The van der Waals surface area contributed by atoms with Crippen LogP contribution in [0.25, 0.3) is 0 Å². The highest BCUT2D eigenvalue weighted by molar-refractivity contribution is 9.10. The topological polar surface area (TPSA) is 44.5 Å². The zero-order valence-electron chi connectivity index (χ0n) is 8.20. The highest BCUT2D eigenvalue weighted by Crippen LogP contribution is 2.51. The second-order valence-corrected chi connectivity index (χ2v) is 4.92. The van der Waals surface area contributed by atoms with Crippen LogP contribution in [-0.4, -0.2) is 13.3 Å². The van der Waals surface area contributed by atoms with Crippen LogP contribution in [0.2, 0.25) is 0 Å². The van der Waals surface area contributed by atoms with Crippen molar-refractivity contribution in [2.45, 2.75) is 12.3 Å². The summed E-state index contributed by atoms with van der Waals surface area (Å²) in [5, 5.41) is 0. The molecule has 0 aromatic heterocycles. The largest absolute Gasteiger partial charge is 0.454 e. The fraction of sp³-hybridized carbons (Fsp3) is 0.455. The fourth-order valence-corrected chi connectivity index (χ4v) is 2.72. The third-order valence-electron chi connectivity index (χ3n) is 3.12. The van der Waals surface area contributed by atoms with Gasteiger partial charge in [0.15, 0.2) is 11.5 Å². The van der Waals surface area contributed by atoms with Gasteiger partial charge in [0.25, 0.3) is 0 Å². The number of hydrogen-bond acceptors (Lipinski definition) is 3. The molecular weight excluding hydrogens is 258 g/mol. The summed E-state index contributed by atoms with van der Waals surface area (Å²) >= 11 is 3.57. The maximum atomic E-state index is 5.65. The standard InChI is InChI=1S/C11H12BrNO2/c12-9-3-11-10(14-5-15-11)2-8(9)7-1-6(7)4-13/h2-3,6-7H,1,4-5,13H2. The lowest BCUT2D eigenvalue weighted by molar-refractivity contribution is 0.174. The zero-order chi connectivity index (χ0) is 10.4. The Morgan fingerprint density at radius 2 is 2.07 bits per heavy atom. The highest BCUT2D eigenvalue weighted by atomic mass is 79.9. The minimum absolute atomic E-state index is 0.330. The van der Waals surface area contributed by atoms with Gasteiger partial charge in [-0.15, -0.1) is 0 Å². The van der Waals surface area contributed by atoms with Gasteiger partial charge in [-0.2, -0.15) is 0 Å². The Morgan fingerprint density at radius 1 is 1.33 bits per heavy atom. The van der Waals surface area contributed by atoms with E-state index in [1.54, 1.807) is 0 Å². The Balaban J connectivity index is 1.95. The van der Waals surface area contributed by atoms with Crippen molar-refractivity contribution in [2.24, 2.45) is 11.7 Å². The van der Waals surface area contributed by atoms with Gasteiger partial charge in [0, 0.05) is 4.47 Å². The molecule has 3 rings (SSSR count). The van der Waals surface area contributed by atoms with Crippen molar-refractivity contribution in [1.82, 2.24) is 0 Å². The number of nitrogens with two attached hydrogens (primary N) is 1. The monoisotopic (exact) mass is 269 g/mol. The van der Waals surface area contributed by atoms with Crippen LogP contribution in [-0.2, 0) is 0 Å². The van der Waals surface area contributed by atoms with Gasteiger partial charge >= 0.3 is 0 Å². The molecule has 1 fully saturated rings. The quantitative estimate of drug-likeness (QED) is 0.896. The molecule has 2 atom stereocenters. The predicted octanol–water partition coefficient (Wildman–Crippen LogP) is 2.24. The smallest absolute Gasteiger partial charge is 0.231 e. The van der Waals surface area contributed by atoms with Crippen LogP contribution in [0.15, 0.2) is 16.6 Å². The Kier molecular flexibility index (Phi) is 2.14. The SMILES string of the molecule is NCC1CC1c1cc2c(cc1Br)OCO2. The molecule has 0 saturated heterocycles. The lowest BCUT2D eigenvalue weighted by atomic mass is 10.1. The second kappa shape index (κ2) is 3.39. The first kappa shape index (κ1) is 9.48. The highest BCUT2D eigenvalue weighted by Gasteiger charge is 2.39. The molecule has 2 N–H and O–H groups in total. The minimum atomic E-state index is 0.330. The van der Waals surface area contributed by atoms with Gasteiger partial charge in [-0.25, -0.2) is 0 Å². The van der Waals surface area contributed by atoms with Crippen LogP contribution in [0.5, 0.6) is 11.5 Å². The van der Waals surface area contributed by atoms with E-state index >= 15 is 0 Å². The molecule has 80 valence electrons. The molecule has 1 aromatic rings. The van der Waals surface area contributed by atoms with Gasteiger partial charge in [0.1, 0.15) is 0 Å².